The molecule has 0 bridgehead atoms. The highest BCUT2D eigenvalue weighted by Crippen LogP contribution is 2.23. The second-order valence-corrected chi connectivity index (χ2v) is 7.66. The van der Waals surface area contributed by atoms with Crippen LogP contribution >= 0.6 is 0 Å². The average molecular weight is 428 g/mol. The fourth-order valence-corrected chi connectivity index (χ4v) is 3.60. The molecule has 2 heterocycles. The summed E-state index contributed by atoms with van der Waals surface area (Å²) in [6.07, 6.45) is 0.474. The van der Waals surface area contributed by atoms with Crippen LogP contribution in [-0.2, 0) is 27.4 Å². The minimum absolute atomic E-state index is 0.142. The highest BCUT2D eigenvalue weighted by atomic mass is 16.5. The van der Waals surface area contributed by atoms with E-state index in [1.54, 1.807) is 24.5 Å². The molecule has 1 unspecified atom stereocenters. The van der Waals surface area contributed by atoms with Crippen molar-refractivity contribution in [1.82, 2.24) is 15.2 Å². The first-order valence-electron chi connectivity index (χ1n) is 10.5. The molecule has 0 saturated heterocycles. The maximum Gasteiger partial charge on any atom is 0.325 e. The van der Waals surface area contributed by atoms with Crippen molar-refractivity contribution in [3.63, 3.8) is 0 Å². The molecule has 0 radical (unpaired) electrons. The summed E-state index contributed by atoms with van der Waals surface area (Å²) < 4.78 is 12.4. The van der Waals surface area contributed by atoms with Gasteiger partial charge in [-0.1, -0.05) is 37.3 Å². The van der Waals surface area contributed by atoms with Crippen LogP contribution in [0.2, 0.25) is 0 Å². The Morgan fingerprint density at radius 2 is 1.90 bits per heavy atom. The van der Waals surface area contributed by atoms with E-state index in [9.17, 15) is 14.4 Å². The molecule has 166 valence electrons. The highest BCUT2D eigenvalue weighted by Gasteiger charge is 2.27. The molecule has 1 aliphatic heterocycles. The summed E-state index contributed by atoms with van der Waals surface area (Å²) in [5.41, 5.74) is 2.41. The Balaban J connectivity index is 1.78. The molecule has 1 atom stereocenters. The predicted molar refractivity (Wildman–Crippen MR) is 115 cm³/mol. The standard InChI is InChI=1S/C23H29N3O5/c1-4-18(16-8-6-5-7-9-16)25-22(28)17-12-19(26-10-11-30-14-20(17)26)23(29)24-13-21(27)31-15(2)3/h5-9,12,15,18H,4,10-11,13-14H2,1-3H3,(H,24,29)(H,25,28). The van der Waals surface area contributed by atoms with E-state index >= 15 is 0 Å². The second-order valence-electron chi connectivity index (χ2n) is 7.66. The first-order chi connectivity index (χ1) is 14.9. The highest BCUT2D eigenvalue weighted by molar-refractivity contribution is 6.01. The van der Waals surface area contributed by atoms with Gasteiger partial charge in [0.15, 0.2) is 0 Å². The third-order valence-corrected chi connectivity index (χ3v) is 5.06. The Morgan fingerprint density at radius 1 is 1.16 bits per heavy atom. The monoisotopic (exact) mass is 427 g/mol. The molecule has 8 nitrogen and oxygen atoms in total. The van der Waals surface area contributed by atoms with Crippen molar-refractivity contribution >= 4 is 17.8 Å². The number of esters is 1. The number of fused-ring (bicyclic) bond motifs is 1. The maximum atomic E-state index is 13.1. The van der Waals surface area contributed by atoms with Gasteiger partial charge >= 0.3 is 5.97 Å². The number of nitrogens with zero attached hydrogens (tertiary/aromatic N) is 1. The smallest absolute Gasteiger partial charge is 0.325 e. The Kier molecular flexibility index (Phi) is 7.46. The zero-order chi connectivity index (χ0) is 22.4. The van der Waals surface area contributed by atoms with Gasteiger partial charge in [-0.3, -0.25) is 14.4 Å². The van der Waals surface area contributed by atoms with Gasteiger partial charge in [-0.25, -0.2) is 0 Å². The van der Waals surface area contributed by atoms with Crippen LogP contribution in [0.15, 0.2) is 36.4 Å². The van der Waals surface area contributed by atoms with Gasteiger partial charge < -0.3 is 24.7 Å². The fraction of sp³-hybridized carbons (Fsp3) is 0.435. The van der Waals surface area contributed by atoms with Crippen LogP contribution in [-0.4, -0.2) is 41.6 Å². The number of amides is 2. The van der Waals surface area contributed by atoms with Gasteiger partial charge in [0.25, 0.3) is 11.8 Å². The van der Waals surface area contributed by atoms with Crippen LogP contribution in [0.25, 0.3) is 0 Å². The molecule has 1 aromatic carbocycles. The molecule has 0 aliphatic carbocycles. The van der Waals surface area contributed by atoms with E-state index in [2.05, 4.69) is 10.6 Å². The third kappa shape index (κ3) is 5.52. The number of ether oxygens (including phenoxy) is 2. The maximum absolute atomic E-state index is 13.1. The zero-order valence-electron chi connectivity index (χ0n) is 18.1. The Hall–Kier alpha value is -3.13. The quantitative estimate of drug-likeness (QED) is 0.631. The van der Waals surface area contributed by atoms with E-state index in [4.69, 9.17) is 9.47 Å². The van der Waals surface area contributed by atoms with E-state index in [-0.39, 0.29) is 31.2 Å². The molecule has 2 N–H and O–H groups in total. The van der Waals surface area contributed by atoms with Gasteiger partial charge in [-0.15, -0.1) is 0 Å². The van der Waals surface area contributed by atoms with Gasteiger partial charge in [0, 0.05) is 6.54 Å². The lowest BCUT2D eigenvalue weighted by atomic mass is 10.0. The third-order valence-electron chi connectivity index (χ3n) is 5.06. The van der Waals surface area contributed by atoms with Crippen molar-refractivity contribution in [2.75, 3.05) is 13.2 Å². The number of carbonyl (C=O) groups is 3. The number of hydrogen-bond acceptors (Lipinski definition) is 5. The van der Waals surface area contributed by atoms with Crippen molar-refractivity contribution in [3.05, 3.63) is 58.9 Å². The van der Waals surface area contributed by atoms with Gasteiger partial charge in [0.1, 0.15) is 12.2 Å². The molecular formula is C23H29N3O5. The number of rotatable bonds is 8. The summed E-state index contributed by atoms with van der Waals surface area (Å²) >= 11 is 0. The van der Waals surface area contributed by atoms with E-state index < -0.39 is 11.9 Å². The first kappa shape index (κ1) is 22.6. The van der Waals surface area contributed by atoms with E-state index in [1.165, 1.54) is 0 Å². The van der Waals surface area contributed by atoms with Gasteiger partial charge in [-0.05, 0) is 31.9 Å². The second kappa shape index (κ2) is 10.3. The molecule has 2 amide bonds. The average Bonchev–Trinajstić information content (AvgIpc) is 3.16. The van der Waals surface area contributed by atoms with Gasteiger partial charge in [-0.2, -0.15) is 0 Å². The minimum atomic E-state index is -0.510. The van der Waals surface area contributed by atoms with Gasteiger partial charge in [0.05, 0.1) is 36.6 Å². The minimum Gasteiger partial charge on any atom is -0.462 e. The van der Waals surface area contributed by atoms with Crippen LogP contribution in [0.4, 0.5) is 0 Å². The summed E-state index contributed by atoms with van der Waals surface area (Å²) in [6.45, 7) is 6.40. The summed E-state index contributed by atoms with van der Waals surface area (Å²) in [5, 5.41) is 5.64. The van der Waals surface area contributed by atoms with Crippen LogP contribution in [0.5, 0.6) is 0 Å². The predicted octanol–water partition coefficient (Wildman–Crippen LogP) is 2.58. The van der Waals surface area contributed by atoms with Crippen molar-refractivity contribution < 1.29 is 23.9 Å². The van der Waals surface area contributed by atoms with E-state index in [0.29, 0.717) is 30.1 Å². The summed E-state index contributed by atoms with van der Waals surface area (Å²) in [7, 11) is 0. The largest absolute Gasteiger partial charge is 0.462 e. The topological polar surface area (TPSA) is 98.7 Å². The summed E-state index contributed by atoms with van der Waals surface area (Å²) in [4.78, 5) is 37.6. The van der Waals surface area contributed by atoms with E-state index in [0.717, 1.165) is 12.0 Å². The lowest BCUT2D eigenvalue weighted by molar-refractivity contribution is -0.146. The number of carbonyl (C=O) groups excluding carboxylic acids is 3. The van der Waals surface area contributed by atoms with Crippen LogP contribution < -0.4 is 10.6 Å². The number of hydrogen-bond donors (Lipinski definition) is 2. The van der Waals surface area contributed by atoms with Crippen LogP contribution in [0, 0.1) is 0 Å². The first-order valence-corrected chi connectivity index (χ1v) is 10.5. The van der Waals surface area contributed by atoms with Gasteiger partial charge in [0.2, 0.25) is 0 Å². The Morgan fingerprint density at radius 3 is 2.58 bits per heavy atom. The van der Waals surface area contributed by atoms with Crippen LogP contribution in [0.1, 0.15) is 65.3 Å². The van der Waals surface area contributed by atoms with E-state index in [1.807, 2.05) is 37.3 Å². The van der Waals surface area contributed by atoms with Crippen LogP contribution in [0.3, 0.4) is 0 Å². The molecule has 0 fully saturated rings. The molecular weight excluding hydrogens is 398 g/mol. The van der Waals surface area contributed by atoms with Crippen molar-refractivity contribution in [3.8, 4) is 0 Å². The van der Waals surface area contributed by atoms with Crippen molar-refractivity contribution in [2.45, 2.75) is 52.5 Å². The Labute approximate surface area is 181 Å². The Bertz CT molecular complexity index is 936. The SMILES string of the molecule is CCC(NC(=O)c1cc(C(=O)NCC(=O)OC(C)C)n2c1COCC2)c1ccccc1. The zero-order valence-corrected chi connectivity index (χ0v) is 18.1. The van der Waals surface area contributed by atoms with Crippen molar-refractivity contribution in [2.24, 2.45) is 0 Å². The molecule has 3 rings (SSSR count). The molecule has 31 heavy (non-hydrogen) atoms. The van der Waals surface area contributed by atoms with Crippen molar-refractivity contribution in [1.29, 1.82) is 0 Å². The molecule has 1 aromatic heterocycles. The molecule has 8 heteroatoms. The lowest BCUT2D eigenvalue weighted by Crippen LogP contribution is -2.33. The molecule has 0 spiro atoms. The molecule has 2 aromatic rings. The number of aromatic nitrogens is 1. The fourth-order valence-electron chi connectivity index (χ4n) is 3.60. The normalized spacial score (nSPS) is 13.9. The molecule has 0 saturated carbocycles. The molecule has 1 aliphatic rings. The lowest BCUT2D eigenvalue weighted by Gasteiger charge is -2.20. The summed E-state index contributed by atoms with van der Waals surface area (Å²) in [5.74, 6) is -1.20. The summed E-state index contributed by atoms with van der Waals surface area (Å²) in [6, 6.07) is 11.2. The number of nitrogens with one attached hydrogen (secondary N) is 2. The number of benzene rings is 1.